The number of nitrogens with zero attached hydrogens (tertiary/aromatic N) is 4. The van der Waals surface area contributed by atoms with E-state index in [0.29, 0.717) is 26.6 Å². The molecule has 0 bridgehead atoms. The van der Waals surface area contributed by atoms with E-state index < -0.39 is 0 Å². The number of pyridine rings is 1. The zero-order valence-corrected chi connectivity index (χ0v) is 18.8. The molecule has 0 radical (unpaired) electrons. The summed E-state index contributed by atoms with van der Waals surface area (Å²) in [7, 11) is 0. The van der Waals surface area contributed by atoms with Crippen molar-refractivity contribution in [3.8, 4) is 0 Å². The summed E-state index contributed by atoms with van der Waals surface area (Å²) in [5.74, 6) is 0.476. The Morgan fingerprint density at radius 2 is 1.90 bits per heavy atom. The van der Waals surface area contributed by atoms with Crippen molar-refractivity contribution in [2.24, 2.45) is 0 Å². The van der Waals surface area contributed by atoms with E-state index in [-0.39, 0.29) is 11.6 Å². The van der Waals surface area contributed by atoms with Gasteiger partial charge in [-0.3, -0.25) is 14.5 Å². The Morgan fingerprint density at radius 3 is 2.74 bits per heavy atom. The second-order valence-electron chi connectivity index (χ2n) is 6.96. The van der Waals surface area contributed by atoms with Gasteiger partial charge in [0, 0.05) is 23.7 Å². The van der Waals surface area contributed by atoms with Gasteiger partial charge in [-0.2, -0.15) is 0 Å². The summed E-state index contributed by atoms with van der Waals surface area (Å²) in [6.45, 7) is 5.87. The number of aromatic nitrogens is 4. The molecule has 2 amide bonds. The van der Waals surface area contributed by atoms with Crippen LogP contribution < -0.4 is 16.2 Å². The molecule has 31 heavy (non-hydrogen) atoms. The molecule has 0 unspecified atom stereocenters. The molecule has 0 fully saturated rings. The Kier molecular flexibility index (Phi) is 6.01. The molecular formula is C21H20N6O2S2. The second-order valence-corrected chi connectivity index (χ2v) is 9.16. The molecule has 0 saturated carbocycles. The van der Waals surface area contributed by atoms with Crippen LogP contribution in [0.3, 0.4) is 0 Å². The zero-order chi connectivity index (χ0) is 22.0. The number of rotatable bonds is 5. The lowest BCUT2D eigenvalue weighted by Gasteiger charge is -2.09. The van der Waals surface area contributed by atoms with E-state index in [0.717, 1.165) is 22.4 Å². The standard InChI is InChI=1S/C21H20N6O2S2/c1-12-6-4-8-16(14(12)3)23-19(29)24-20-25-26-21(31-20)30-11-15-10-17(28)27-9-5-7-13(2)18(27)22-15/h4-10H,11H2,1-3H3,(H2,23,24,25,29). The molecular weight excluding hydrogens is 432 g/mol. The second kappa shape index (κ2) is 8.86. The van der Waals surface area contributed by atoms with Gasteiger partial charge in [0.05, 0.1) is 5.69 Å². The summed E-state index contributed by atoms with van der Waals surface area (Å²) >= 11 is 2.68. The van der Waals surface area contributed by atoms with Crippen molar-refractivity contribution in [3.05, 3.63) is 75.3 Å². The fourth-order valence-electron chi connectivity index (χ4n) is 2.97. The smallest absolute Gasteiger partial charge is 0.307 e. The van der Waals surface area contributed by atoms with Crippen molar-refractivity contribution in [1.29, 1.82) is 0 Å². The van der Waals surface area contributed by atoms with E-state index in [1.54, 1.807) is 6.20 Å². The minimum Gasteiger partial charge on any atom is -0.307 e. The number of nitrogens with one attached hydrogen (secondary N) is 2. The monoisotopic (exact) mass is 452 g/mol. The maximum atomic E-state index is 12.3. The number of amides is 2. The zero-order valence-electron chi connectivity index (χ0n) is 17.2. The number of hydrogen-bond donors (Lipinski definition) is 2. The number of carbonyl (C=O) groups is 1. The van der Waals surface area contributed by atoms with Gasteiger partial charge < -0.3 is 5.32 Å². The molecule has 3 aromatic heterocycles. The highest BCUT2D eigenvalue weighted by Crippen LogP contribution is 2.28. The largest absolute Gasteiger partial charge is 0.325 e. The predicted molar refractivity (Wildman–Crippen MR) is 124 cm³/mol. The minimum atomic E-state index is -0.374. The highest BCUT2D eigenvalue weighted by molar-refractivity contribution is 8.00. The van der Waals surface area contributed by atoms with Crippen LogP contribution in [0.5, 0.6) is 0 Å². The Hall–Kier alpha value is -3.24. The van der Waals surface area contributed by atoms with E-state index in [1.165, 1.54) is 33.6 Å². The van der Waals surface area contributed by atoms with Gasteiger partial charge in [0.1, 0.15) is 5.65 Å². The molecule has 158 valence electrons. The van der Waals surface area contributed by atoms with Crippen molar-refractivity contribution >= 4 is 45.6 Å². The number of anilines is 2. The van der Waals surface area contributed by atoms with Gasteiger partial charge in [-0.15, -0.1) is 10.2 Å². The molecule has 4 rings (SSSR count). The van der Waals surface area contributed by atoms with Crippen LogP contribution in [0.4, 0.5) is 15.6 Å². The van der Waals surface area contributed by atoms with Crippen LogP contribution in [-0.4, -0.2) is 25.6 Å². The van der Waals surface area contributed by atoms with Crippen LogP contribution in [0.25, 0.3) is 5.65 Å². The molecule has 2 N–H and O–H groups in total. The van der Waals surface area contributed by atoms with Crippen molar-refractivity contribution < 1.29 is 4.79 Å². The van der Waals surface area contributed by atoms with Crippen LogP contribution in [0.15, 0.2) is 51.7 Å². The van der Waals surface area contributed by atoms with Crippen molar-refractivity contribution in [1.82, 2.24) is 19.6 Å². The lowest BCUT2D eigenvalue weighted by Crippen LogP contribution is -2.20. The number of aryl methyl sites for hydroxylation is 2. The molecule has 3 heterocycles. The summed E-state index contributed by atoms with van der Waals surface area (Å²) < 4.78 is 2.21. The molecule has 8 nitrogen and oxygen atoms in total. The fourth-order valence-corrected chi connectivity index (χ4v) is 4.61. The van der Waals surface area contributed by atoms with Crippen LogP contribution >= 0.6 is 23.1 Å². The van der Waals surface area contributed by atoms with E-state index >= 15 is 0 Å². The van der Waals surface area contributed by atoms with Crippen LogP contribution in [0.2, 0.25) is 0 Å². The number of urea groups is 1. The van der Waals surface area contributed by atoms with Gasteiger partial charge in [0.2, 0.25) is 5.13 Å². The number of hydrogen-bond acceptors (Lipinski definition) is 7. The third kappa shape index (κ3) is 4.75. The summed E-state index contributed by atoms with van der Waals surface area (Å²) in [4.78, 5) is 29.2. The highest BCUT2D eigenvalue weighted by Gasteiger charge is 2.11. The van der Waals surface area contributed by atoms with Crippen molar-refractivity contribution in [3.63, 3.8) is 0 Å². The Bertz CT molecular complexity index is 1330. The number of fused-ring (bicyclic) bond motifs is 1. The van der Waals surface area contributed by atoms with E-state index in [9.17, 15) is 9.59 Å². The number of benzene rings is 1. The average Bonchev–Trinajstić information content (AvgIpc) is 3.18. The topological polar surface area (TPSA) is 101 Å². The van der Waals surface area contributed by atoms with Gasteiger partial charge in [0.15, 0.2) is 4.34 Å². The first-order valence-electron chi connectivity index (χ1n) is 9.49. The molecule has 0 aliphatic rings. The quantitative estimate of drug-likeness (QED) is 0.344. The van der Waals surface area contributed by atoms with E-state index in [2.05, 4.69) is 25.8 Å². The molecule has 0 atom stereocenters. The normalized spacial score (nSPS) is 10.9. The first-order chi connectivity index (χ1) is 14.9. The Morgan fingerprint density at radius 1 is 1.10 bits per heavy atom. The van der Waals surface area contributed by atoms with Gasteiger partial charge in [-0.25, -0.2) is 9.78 Å². The first-order valence-corrected chi connectivity index (χ1v) is 11.3. The minimum absolute atomic E-state index is 0.118. The van der Waals surface area contributed by atoms with Gasteiger partial charge in [0.25, 0.3) is 5.56 Å². The third-order valence-corrected chi connectivity index (χ3v) is 6.77. The lowest BCUT2D eigenvalue weighted by atomic mass is 10.1. The molecule has 0 aliphatic heterocycles. The predicted octanol–water partition coefficient (Wildman–Crippen LogP) is 4.41. The first kappa shape index (κ1) is 21.0. The summed E-state index contributed by atoms with van der Waals surface area (Å²) in [5.41, 5.74) is 5.00. The van der Waals surface area contributed by atoms with Crippen molar-refractivity contribution in [2.75, 3.05) is 10.6 Å². The molecule has 1 aromatic carbocycles. The fraction of sp³-hybridized carbons (Fsp3) is 0.190. The molecule has 0 spiro atoms. The lowest BCUT2D eigenvalue weighted by molar-refractivity contribution is 0.262. The molecule has 0 aliphatic carbocycles. The summed E-state index contributed by atoms with van der Waals surface area (Å²) in [6, 6.07) is 10.6. The van der Waals surface area contributed by atoms with Gasteiger partial charge in [-0.1, -0.05) is 41.3 Å². The number of carbonyl (C=O) groups excluding carboxylic acids is 1. The maximum absolute atomic E-state index is 12.3. The highest BCUT2D eigenvalue weighted by atomic mass is 32.2. The molecule has 10 heteroatoms. The van der Waals surface area contributed by atoms with Crippen LogP contribution in [0.1, 0.15) is 22.4 Å². The maximum Gasteiger partial charge on any atom is 0.325 e. The molecule has 0 saturated heterocycles. The van der Waals surface area contributed by atoms with Gasteiger partial charge in [-0.05, 0) is 49.6 Å². The van der Waals surface area contributed by atoms with Crippen LogP contribution in [-0.2, 0) is 5.75 Å². The van der Waals surface area contributed by atoms with Gasteiger partial charge >= 0.3 is 6.03 Å². The summed E-state index contributed by atoms with van der Waals surface area (Å²) in [6.07, 6.45) is 1.71. The Balaban J connectivity index is 1.40. The third-order valence-electron chi connectivity index (χ3n) is 4.76. The average molecular weight is 453 g/mol. The van der Waals surface area contributed by atoms with Crippen molar-refractivity contribution in [2.45, 2.75) is 30.9 Å². The van der Waals surface area contributed by atoms with E-state index in [4.69, 9.17) is 0 Å². The number of thioether (sulfide) groups is 1. The Labute approximate surface area is 186 Å². The van der Waals surface area contributed by atoms with Crippen LogP contribution in [0, 0.1) is 20.8 Å². The SMILES string of the molecule is Cc1cccc(NC(=O)Nc2nnc(SCc3cc(=O)n4cccc(C)c4n3)s2)c1C. The molecule has 4 aromatic rings. The van der Waals surface area contributed by atoms with E-state index in [1.807, 2.05) is 51.1 Å². The summed E-state index contributed by atoms with van der Waals surface area (Å²) in [5, 5.41) is 14.1.